The molecule has 5 heteroatoms. The van der Waals surface area contributed by atoms with Crippen molar-refractivity contribution < 1.29 is 4.79 Å². The minimum absolute atomic E-state index is 0.0574. The lowest BCUT2D eigenvalue weighted by molar-refractivity contribution is 0.0976. The molecule has 19 heavy (non-hydrogen) atoms. The van der Waals surface area contributed by atoms with E-state index in [4.69, 9.17) is 0 Å². The molecule has 1 aromatic carbocycles. The van der Waals surface area contributed by atoms with Crippen molar-refractivity contribution >= 4 is 37.6 Å². The second kappa shape index (κ2) is 5.13. The van der Waals surface area contributed by atoms with Gasteiger partial charge in [-0.05, 0) is 30.5 Å². The molecule has 0 fully saturated rings. The molecule has 0 bridgehead atoms. The molecule has 1 unspecified atom stereocenters. The Balaban J connectivity index is 2.05. The van der Waals surface area contributed by atoms with E-state index >= 15 is 0 Å². The number of nitrogens with zero attached hydrogens (tertiary/aromatic N) is 2. The quantitative estimate of drug-likeness (QED) is 0.705. The van der Waals surface area contributed by atoms with Crippen LogP contribution in [0.1, 0.15) is 22.5 Å². The van der Waals surface area contributed by atoms with E-state index in [0.717, 1.165) is 28.4 Å². The molecular weight excluding hydrogens is 372 g/mol. The highest BCUT2D eigenvalue weighted by molar-refractivity contribution is 9.10. The molecule has 1 heterocycles. The van der Waals surface area contributed by atoms with E-state index in [9.17, 15) is 4.79 Å². The number of benzene rings is 1. The number of ketones is 1. The predicted molar refractivity (Wildman–Crippen MR) is 80.5 cm³/mol. The molecule has 0 saturated carbocycles. The van der Waals surface area contributed by atoms with Gasteiger partial charge in [0.1, 0.15) is 5.69 Å². The molecule has 2 aromatic rings. The number of hydrogen-bond acceptors (Lipinski definition) is 3. The van der Waals surface area contributed by atoms with Crippen LogP contribution in [0.3, 0.4) is 0 Å². The van der Waals surface area contributed by atoms with Gasteiger partial charge < -0.3 is 0 Å². The predicted octanol–water partition coefficient (Wildman–Crippen LogP) is 3.80. The van der Waals surface area contributed by atoms with E-state index in [0.29, 0.717) is 11.5 Å². The minimum Gasteiger partial charge on any atom is -0.291 e. The van der Waals surface area contributed by atoms with Crippen molar-refractivity contribution in [3.8, 4) is 11.4 Å². The number of carbonyl (C=O) groups excluding carboxylic acids is 1. The van der Waals surface area contributed by atoms with Crippen molar-refractivity contribution in [2.24, 2.45) is 0 Å². The van der Waals surface area contributed by atoms with Crippen LogP contribution >= 0.6 is 31.9 Å². The summed E-state index contributed by atoms with van der Waals surface area (Å²) in [4.78, 5) is 20.8. The molecule has 1 atom stereocenters. The van der Waals surface area contributed by atoms with E-state index in [2.05, 4.69) is 41.8 Å². The minimum atomic E-state index is -0.118. The lowest BCUT2D eigenvalue weighted by Crippen LogP contribution is -2.24. The normalized spacial score (nSPS) is 18.2. The lowest BCUT2D eigenvalue weighted by Gasteiger charge is -2.18. The Bertz CT molecular complexity index is 640. The number of aryl methyl sites for hydroxylation is 1. The molecule has 1 aliphatic carbocycles. The number of carbonyl (C=O) groups is 1. The summed E-state index contributed by atoms with van der Waals surface area (Å²) in [5.74, 6) is 0.656. The molecule has 1 aromatic heterocycles. The Labute approximate surface area is 127 Å². The zero-order valence-electron chi connectivity index (χ0n) is 9.94. The molecular formula is C14H10Br2N2O. The van der Waals surface area contributed by atoms with Gasteiger partial charge in [0.15, 0.2) is 11.6 Å². The Hall–Kier alpha value is -1.07. The summed E-state index contributed by atoms with van der Waals surface area (Å²) in [5.41, 5.74) is 2.41. The first-order valence-corrected chi connectivity index (χ1v) is 7.66. The molecule has 0 radical (unpaired) electrons. The maximum absolute atomic E-state index is 12.1. The fraction of sp³-hybridized carbons (Fsp3) is 0.214. The number of hydrogen-bond donors (Lipinski definition) is 0. The number of aromatic nitrogens is 2. The van der Waals surface area contributed by atoms with Crippen LogP contribution in [0.4, 0.5) is 0 Å². The number of alkyl halides is 1. The van der Waals surface area contributed by atoms with Gasteiger partial charge in [0, 0.05) is 16.2 Å². The first-order chi connectivity index (χ1) is 9.15. The standard InChI is InChI=1S/C14H10Br2N2O/c15-10-4-1-8(2-5-10)14-17-7-9-3-6-11(16)13(19)12(9)18-14/h1-2,4-5,7,11H,3,6H2. The Morgan fingerprint density at radius 2 is 1.95 bits per heavy atom. The maximum Gasteiger partial charge on any atom is 0.195 e. The van der Waals surface area contributed by atoms with Crippen molar-refractivity contribution in [1.29, 1.82) is 0 Å². The zero-order chi connectivity index (χ0) is 13.4. The van der Waals surface area contributed by atoms with Gasteiger partial charge in [0.05, 0.1) is 4.83 Å². The van der Waals surface area contributed by atoms with Crippen molar-refractivity contribution in [2.75, 3.05) is 0 Å². The van der Waals surface area contributed by atoms with Crippen LogP contribution in [0.5, 0.6) is 0 Å². The average molecular weight is 382 g/mol. The first-order valence-electron chi connectivity index (χ1n) is 5.95. The third-order valence-electron chi connectivity index (χ3n) is 3.15. The van der Waals surface area contributed by atoms with Crippen LogP contribution in [-0.4, -0.2) is 20.6 Å². The highest BCUT2D eigenvalue weighted by atomic mass is 79.9. The van der Waals surface area contributed by atoms with Gasteiger partial charge in [-0.2, -0.15) is 0 Å². The van der Waals surface area contributed by atoms with E-state index in [1.54, 1.807) is 6.20 Å². The average Bonchev–Trinajstić information content (AvgIpc) is 2.44. The highest BCUT2D eigenvalue weighted by Crippen LogP contribution is 2.26. The molecule has 96 valence electrons. The van der Waals surface area contributed by atoms with E-state index < -0.39 is 0 Å². The van der Waals surface area contributed by atoms with Crippen LogP contribution in [0, 0.1) is 0 Å². The lowest BCUT2D eigenvalue weighted by atomic mass is 9.96. The van der Waals surface area contributed by atoms with Gasteiger partial charge in [-0.1, -0.05) is 44.0 Å². The molecule has 3 rings (SSSR count). The monoisotopic (exact) mass is 380 g/mol. The summed E-state index contributed by atoms with van der Waals surface area (Å²) in [6, 6.07) is 7.75. The molecule has 3 nitrogen and oxygen atoms in total. The molecule has 1 aliphatic rings. The first kappa shape index (κ1) is 12.9. The fourth-order valence-electron chi connectivity index (χ4n) is 2.10. The zero-order valence-corrected chi connectivity index (χ0v) is 13.1. The Morgan fingerprint density at radius 3 is 2.68 bits per heavy atom. The van der Waals surface area contributed by atoms with Crippen molar-refractivity contribution in [1.82, 2.24) is 9.97 Å². The Morgan fingerprint density at radius 1 is 1.21 bits per heavy atom. The maximum atomic E-state index is 12.1. The highest BCUT2D eigenvalue weighted by Gasteiger charge is 2.27. The summed E-state index contributed by atoms with van der Waals surface area (Å²) in [5, 5.41) is 0. The van der Waals surface area contributed by atoms with Crippen LogP contribution in [-0.2, 0) is 6.42 Å². The summed E-state index contributed by atoms with van der Waals surface area (Å²) in [7, 11) is 0. The second-order valence-electron chi connectivity index (χ2n) is 4.44. The summed E-state index contributed by atoms with van der Waals surface area (Å²) in [6.45, 7) is 0. The number of halogens is 2. The Kier molecular flexibility index (Phi) is 3.50. The molecule has 0 saturated heterocycles. The van der Waals surface area contributed by atoms with Crippen LogP contribution in [0.15, 0.2) is 34.9 Å². The fourth-order valence-corrected chi connectivity index (χ4v) is 2.81. The van der Waals surface area contributed by atoms with Gasteiger partial charge in [0.25, 0.3) is 0 Å². The summed E-state index contributed by atoms with van der Waals surface area (Å²) < 4.78 is 1.01. The van der Waals surface area contributed by atoms with Crippen molar-refractivity contribution in [2.45, 2.75) is 17.7 Å². The largest absolute Gasteiger partial charge is 0.291 e. The number of rotatable bonds is 1. The SMILES string of the molecule is O=C1c2nc(-c3ccc(Br)cc3)ncc2CCC1Br. The van der Waals surface area contributed by atoms with Gasteiger partial charge in [0.2, 0.25) is 0 Å². The molecule has 0 aliphatic heterocycles. The number of fused-ring (bicyclic) bond motifs is 1. The summed E-state index contributed by atoms with van der Waals surface area (Å²) in [6.07, 6.45) is 3.43. The summed E-state index contributed by atoms with van der Waals surface area (Å²) >= 11 is 6.79. The molecule has 0 spiro atoms. The van der Waals surface area contributed by atoms with E-state index in [1.165, 1.54) is 0 Å². The van der Waals surface area contributed by atoms with Gasteiger partial charge in [-0.3, -0.25) is 4.79 Å². The second-order valence-corrected chi connectivity index (χ2v) is 6.47. The van der Waals surface area contributed by atoms with Crippen molar-refractivity contribution in [3.63, 3.8) is 0 Å². The van der Waals surface area contributed by atoms with Crippen LogP contribution in [0.25, 0.3) is 11.4 Å². The van der Waals surface area contributed by atoms with Crippen LogP contribution < -0.4 is 0 Å². The molecule has 0 amide bonds. The van der Waals surface area contributed by atoms with Crippen molar-refractivity contribution in [3.05, 3.63) is 46.2 Å². The molecule has 0 N–H and O–H groups in total. The van der Waals surface area contributed by atoms with Gasteiger partial charge in [-0.25, -0.2) is 9.97 Å². The smallest absolute Gasteiger partial charge is 0.195 e. The van der Waals surface area contributed by atoms with E-state index in [-0.39, 0.29) is 10.6 Å². The van der Waals surface area contributed by atoms with E-state index in [1.807, 2.05) is 24.3 Å². The topological polar surface area (TPSA) is 42.9 Å². The third kappa shape index (κ3) is 2.49. The van der Waals surface area contributed by atoms with Gasteiger partial charge >= 0.3 is 0 Å². The third-order valence-corrected chi connectivity index (χ3v) is 4.55. The number of Topliss-reactive ketones (excluding diaryl/α,β-unsaturated/α-hetero) is 1. The van der Waals surface area contributed by atoms with Gasteiger partial charge in [-0.15, -0.1) is 0 Å². The van der Waals surface area contributed by atoms with Crippen LogP contribution in [0.2, 0.25) is 0 Å².